The Morgan fingerprint density at radius 2 is 2.16 bits per heavy atom. The zero-order chi connectivity index (χ0) is 13.8. The molecule has 0 fully saturated rings. The molecule has 0 saturated carbocycles. The maximum Gasteiger partial charge on any atom is 0.123 e. The number of hydrogen-bond donors (Lipinski definition) is 1. The second-order valence-corrected chi connectivity index (χ2v) is 6.30. The summed E-state index contributed by atoms with van der Waals surface area (Å²) in [5.41, 5.74) is 2.03. The van der Waals surface area contributed by atoms with Gasteiger partial charge in [-0.15, -0.1) is 11.3 Å². The normalized spacial score (nSPS) is 10.7. The predicted molar refractivity (Wildman–Crippen MR) is 83.3 cm³/mol. The fourth-order valence-electron chi connectivity index (χ4n) is 2.01. The van der Waals surface area contributed by atoms with Crippen LogP contribution in [0.5, 0.6) is 0 Å². The summed E-state index contributed by atoms with van der Waals surface area (Å²) in [5.74, 6) is -0.193. The number of thiophene rings is 1. The number of halogens is 2. The molecule has 19 heavy (non-hydrogen) atoms. The second kappa shape index (κ2) is 6.50. The van der Waals surface area contributed by atoms with Crippen molar-refractivity contribution >= 4 is 33.0 Å². The van der Waals surface area contributed by atoms with E-state index in [0.29, 0.717) is 6.54 Å². The Labute approximate surface area is 125 Å². The highest BCUT2D eigenvalue weighted by atomic mass is 79.9. The number of nitrogens with one attached hydrogen (secondary N) is 1. The van der Waals surface area contributed by atoms with E-state index in [-0.39, 0.29) is 5.82 Å². The van der Waals surface area contributed by atoms with E-state index in [1.807, 2.05) is 20.2 Å². The van der Waals surface area contributed by atoms with E-state index in [4.69, 9.17) is 0 Å². The quantitative estimate of drug-likeness (QED) is 0.883. The van der Waals surface area contributed by atoms with E-state index in [9.17, 15) is 4.39 Å². The van der Waals surface area contributed by atoms with E-state index in [1.54, 1.807) is 17.4 Å². The minimum atomic E-state index is -0.193. The molecule has 0 radical (unpaired) electrons. The average molecular weight is 343 g/mol. The molecular weight excluding hydrogens is 327 g/mol. The van der Waals surface area contributed by atoms with Gasteiger partial charge < -0.3 is 10.2 Å². The number of nitrogens with zero attached hydrogens (tertiary/aromatic N) is 1. The van der Waals surface area contributed by atoms with Crippen molar-refractivity contribution in [2.45, 2.75) is 13.1 Å². The van der Waals surface area contributed by atoms with Crippen molar-refractivity contribution in [1.29, 1.82) is 0 Å². The molecule has 0 aliphatic carbocycles. The lowest BCUT2D eigenvalue weighted by Crippen LogP contribution is -2.19. The van der Waals surface area contributed by atoms with Crippen molar-refractivity contribution in [1.82, 2.24) is 5.32 Å². The van der Waals surface area contributed by atoms with Crippen LogP contribution in [0.2, 0.25) is 0 Å². The van der Waals surface area contributed by atoms with Gasteiger partial charge in [0.2, 0.25) is 0 Å². The summed E-state index contributed by atoms with van der Waals surface area (Å²) in [4.78, 5) is 3.42. The van der Waals surface area contributed by atoms with Gasteiger partial charge in [0.15, 0.2) is 0 Å². The molecule has 0 aliphatic heterocycles. The molecule has 0 saturated heterocycles. The van der Waals surface area contributed by atoms with Crippen LogP contribution in [0.25, 0.3) is 0 Å². The number of hydrogen-bond acceptors (Lipinski definition) is 3. The minimum absolute atomic E-state index is 0.193. The molecule has 1 heterocycles. The van der Waals surface area contributed by atoms with Crippen LogP contribution in [0.4, 0.5) is 10.1 Å². The summed E-state index contributed by atoms with van der Waals surface area (Å²) in [7, 11) is 3.89. The summed E-state index contributed by atoms with van der Waals surface area (Å²) in [6.07, 6.45) is 0. The van der Waals surface area contributed by atoms with Gasteiger partial charge in [-0.2, -0.15) is 0 Å². The number of anilines is 1. The Hall–Kier alpha value is -0.910. The summed E-state index contributed by atoms with van der Waals surface area (Å²) >= 11 is 5.18. The highest BCUT2D eigenvalue weighted by Crippen LogP contribution is 2.25. The van der Waals surface area contributed by atoms with E-state index in [2.05, 4.69) is 37.6 Å². The zero-order valence-electron chi connectivity index (χ0n) is 10.9. The Morgan fingerprint density at radius 1 is 1.37 bits per heavy atom. The lowest BCUT2D eigenvalue weighted by atomic mass is 10.1. The van der Waals surface area contributed by atoms with Gasteiger partial charge >= 0.3 is 0 Å². The first-order valence-corrected chi connectivity index (χ1v) is 7.64. The molecule has 2 nitrogen and oxygen atoms in total. The Bertz CT molecular complexity index is 556. The minimum Gasteiger partial charge on any atom is -0.369 e. The predicted octanol–water partition coefficient (Wildman–Crippen LogP) is 4.01. The van der Waals surface area contributed by atoms with E-state index >= 15 is 0 Å². The van der Waals surface area contributed by atoms with E-state index < -0.39 is 0 Å². The summed E-state index contributed by atoms with van der Waals surface area (Å²) in [6, 6.07) is 7.05. The fourth-order valence-corrected chi connectivity index (χ4v) is 3.52. The molecule has 102 valence electrons. The van der Waals surface area contributed by atoms with Gasteiger partial charge in [-0.05, 0) is 52.8 Å². The molecule has 0 bridgehead atoms. The third-order valence-corrected chi connectivity index (χ3v) is 4.52. The molecule has 0 amide bonds. The molecular formula is C14H16BrFN2S. The first kappa shape index (κ1) is 14.5. The van der Waals surface area contributed by atoms with Gasteiger partial charge in [0.1, 0.15) is 5.82 Å². The van der Waals surface area contributed by atoms with Crippen LogP contribution in [0.3, 0.4) is 0 Å². The first-order valence-electron chi connectivity index (χ1n) is 5.97. The third-order valence-electron chi connectivity index (χ3n) is 2.83. The maximum atomic E-state index is 13.3. The van der Waals surface area contributed by atoms with Gasteiger partial charge in [-0.25, -0.2) is 4.39 Å². The second-order valence-electron chi connectivity index (χ2n) is 4.39. The summed E-state index contributed by atoms with van der Waals surface area (Å²) in [5, 5.41) is 5.15. The molecule has 0 atom stereocenters. The average Bonchev–Trinajstić information content (AvgIpc) is 2.75. The molecule has 0 unspecified atom stereocenters. The molecule has 0 spiro atoms. The highest BCUT2D eigenvalue weighted by molar-refractivity contribution is 9.10. The van der Waals surface area contributed by atoms with Crippen LogP contribution in [0.1, 0.15) is 10.4 Å². The topological polar surface area (TPSA) is 15.3 Å². The van der Waals surface area contributed by atoms with Gasteiger partial charge in [-0.3, -0.25) is 0 Å². The molecule has 0 aliphatic rings. The molecule has 2 rings (SSSR count). The molecule has 1 N–H and O–H groups in total. The number of benzene rings is 1. The zero-order valence-corrected chi connectivity index (χ0v) is 13.3. The lowest BCUT2D eigenvalue weighted by molar-refractivity contribution is 0.623. The molecule has 1 aromatic heterocycles. The SMILES string of the molecule is CNCc1cc(F)ccc1N(C)Cc1cc(Br)cs1. The van der Waals surface area contributed by atoms with Crippen LogP contribution in [-0.4, -0.2) is 14.1 Å². The molecule has 5 heteroatoms. The van der Waals surface area contributed by atoms with Gasteiger partial charge in [-0.1, -0.05) is 0 Å². The van der Waals surface area contributed by atoms with E-state index in [1.165, 1.54) is 10.9 Å². The van der Waals surface area contributed by atoms with Gasteiger partial charge in [0.05, 0.1) is 6.54 Å². The maximum absolute atomic E-state index is 13.3. The largest absolute Gasteiger partial charge is 0.369 e. The van der Waals surface area contributed by atoms with Crippen LogP contribution in [0.15, 0.2) is 34.1 Å². The number of rotatable bonds is 5. The first-order chi connectivity index (χ1) is 9.10. The van der Waals surface area contributed by atoms with Crippen molar-refractivity contribution in [3.8, 4) is 0 Å². The summed E-state index contributed by atoms with van der Waals surface area (Å²) in [6.45, 7) is 1.48. The van der Waals surface area contributed by atoms with Gasteiger partial charge in [0, 0.05) is 34.0 Å². The van der Waals surface area contributed by atoms with E-state index in [0.717, 1.165) is 22.3 Å². The summed E-state index contributed by atoms with van der Waals surface area (Å²) < 4.78 is 14.4. The van der Waals surface area contributed by atoms with Crippen molar-refractivity contribution in [3.05, 3.63) is 50.4 Å². The van der Waals surface area contributed by atoms with Crippen LogP contribution < -0.4 is 10.2 Å². The molecule has 1 aromatic carbocycles. The highest BCUT2D eigenvalue weighted by Gasteiger charge is 2.10. The van der Waals surface area contributed by atoms with Crippen molar-refractivity contribution < 1.29 is 4.39 Å². The van der Waals surface area contributed by atoms with Crippen molar-refractivity contribution in [2.75, 3.05) is 19.0 Å². The van der Waals surface area contributed by atoms with Crippen LogP contribution in [-0.2, 0) is 13.1 Å². The smallest absolute Gasteiger partial charge is 0.123 e. The molecule has 2 aromatic rings. The fraction of sp³-hybridized carbons (Fsp3) is 0.286. The Kier molecular flexibility index (Phi) is 4.96. The third kappa shape index (κ3) is 3.78. The van der Waals surface area contributed by atoms with Crippen LogP contribution >= 0.6 is 27.3 Å². The Morgan fingerprint density at radius 3 is 2.79 bits per heavy atom. The lowest BCUT2D eigenvalue weighted by Gasteiger charge is -2.22. The Balaban J connectivity index is 2.20. The van der Waals surface area contributed by atoms with Crippen molar-refractivity contribution in [3.63, 3.8) is 0 Å². The van der Waals surface area contributed by atoms with Crippen LogP contribution in [0, 0.1) is 5.82 Å². The standard InChI is InChI=1S/C14H16BrFN2S/c1-17-7-10-5-12(16)3-4-14(10)18(2)8-13-6-11(15)9-19-13/h3-6,9,17H,7-8H2,1-2H3. The van der Waals surface area contributed by atoms with Gasteiger partial charge in [0.25, 0.3) is 0 Å². The van der Waals surface area contributed by atoms with Crippen molar-refractivity contribution in [2.24, 2.45) is 0 Å². The monoisotopic (exact) mass is 342 g/mol.